The molecule has 0 saturated carbocycles. The van der Waals surface area contributed by atoms with Gasteiger partial charge in [0.2, 0.25) is 10.0 Å². The first-order chi connectivity index (χ1) is 12.5. The molecule has 3 heterocycles. The van der Waals surface area contributed by atoms with Crippen molar-refractivity contribution in [3.63, 3.8) is 0 Å². The van der Waals surface area contributed by atoms with Crippen LogP contribution < -0.4 is 5.32 Å². The first-order valence-corrected chi connectivity index (χ1v) is 10.4. The number of carbonyl (C=O) groups is 1. The second kappa shape index (κ2) is 9.73. The Morgan fingerprint density at radius 3 is 2.48 bits per heavy atom. The minimum Gasteiger partial charge on any atom is -0.459 e. The number of carbonyl (C=O) groups excluding carboxylic acids is 1. The normalized spacial score (nSPS) is 20.4. The Balaban J connectivity index is 0.00000261. The summed E-state index contributed by atoms with van der Waals surface area (Å²) in [5, 5.41) is 3.22. The van der Waals surface area contributed by atoms with Crippen molar-refractivity contribution in [3.8, 4) is 0 Å². The molecule has 2 fully saturated rings. The molecule has 3 rings (SSSR count). The van der Waals surface area contributed by atoms with Crippen LogP contribution in [-0.2, 0) is 10.0 Å². The van der Waals surface area contributed by atoms with E-state index in [1.807, 2.05) is 0 Å². The molecule has 0 radical (unpaired) electrons. The van der Waals surface area contributed by atoms with Gasteiger partial charge in [-0.3, -0.25) is 9.79 Å². The standard InChI is InChI=1S/C16H25N5O4S.HI/c1-17-16(18-5-7-21-6-3-13-26(21,23)24)20-10-8-19(9-11-20)15(22)14-4-2-12-25-14;/h2,4,12H,3,5-11,13H2,1H3,(H,17,18);1H. The third-order valence-corrected chi connectivity index (χ3v) is 6.61. The van der Waals surface area contributed by atoms with Crippen LogP contribution >= 0.6 is 24.0 Å². The summed E-state index contributed by atoms with van der Waals surface area (Å²) < 4.78 is 30.3. The van der Waals surface area contributed by atoms with Crippen molar-refractivity contribution in [1.29, 1.82) is 0 Å². The molecule has 2 aliphatic rings. The van der Waals surface area contributed by atoms with E-state index in [0.717, 1.165) is 5.96 Å². The van der Waals surface area contributed by atoms with E-state index in [4.69, 9.17) is 4.42 Å². The largest absolute Gasteiger partial charge is 0.459 e. The van der Waals surface area contributed by atoms with E-state index in [1.165, 1.54) is 10.6 Å². The summed E-state index contributed by atoms with van der Waals surface area (Å²) in [4.78, 5) is 20.4. The number of nitrogens with one attached hydrogen (secondary N) is 1. The molecule has 1 amide bonds. The lowest BCUT2D eigenvalue weighted by atomic mass is 10.3. The van der Waals surface area contributed by atoms with Crippen molar-refractivity contribution >= 4 is 45.9 Å². The number of guanidine groups is 1. The highest BCUT2D eigenvalue weighted by atomic mass is 127. The van der Waals surface area contributed by atoms with Gasteiger partial charge in [0, 0.05) is 52.9 Å². The monoisotopic (exact) mass is 511 g/mol. The molecule has 1 N–H and O–H groups in total. The third kappa shape index (κ3) is 5.35. The molecule has 27 heavy (non-hydrogen) atoms. The van der Waals surface area contributed by atoms with Crippen molar-refractivity contribution in [2.24, 2.45) is 4.99 Å². The van der Waals surface area contributed by atoms with Gasteiger partial charge in [0.15, 0.2) is 11.7 Å². The predicted octanol–water partition coefficient (Wildman–Crippen LogP) is 0.266. The van der Waals surface area contributed by atoms with Gasteiger partial charge in [0.25, 0.3) is 5.91 Å². The minimum absolute atomic E-state index is 0. The molecule has 152 valence electrons. The van der Waals surface area contributed by atoms with Crippen LogP contribution in [0.15, 0.2) is 27.8 Å². The summed E-state index contributed by atoms with van der Waals surface area (Å²) in [6, 6.07) is 3.37. The maximum absolute atomic E-state index is 12.3. The smallest absolute Gasteiger partial charge is 0.289 e. The lowest BCUT2D eigenvalue weighted by molar-refractivity contribution is 0.0657. The first-order valence-electron chi connectivity index (χ1n) is 8.77. The van der Waals surface area contributed by atoms with Gasteiger partial charge in [-0.05, 0) is 18.6 Å². The number of furan rings is 1. The number of halogens is 1. The number of aliphatic imine (C=N–C) groups is 1. The number of nitrogens with zero attached hydrogens (tertiary/aromatic N) is 4. The zero-order valence-corrected chi connectivity index (χ0v) is 18.5. The molecule has 0 atom stereocenters. The van der Waals surface area contributed by atoms with Crippen molar-refractivity contribution in [3.05, 3.63) is 24.2 Å². The van der Waals surface area contributed by atoms with Crippen molar-refractivity contribution < 1.29 is 17.6 Å². The summed E-state index contributed by atoms with van der Waals surface area (Å²) in [6.07, 6.45) is 2.19. The molecule has 9 nitrogen and oxygen atoms in total. The van der Waals surface area contributed by atoms with Crippen LogP contribution in [-0.4, -0.2) is 93.0 Å². The lowest BCUT2D eigenvalue weighted by Crippen LogP contribution is -2.54. The first kappa shape index (κ1) is 22.0. The molecule has 0 unspecified atom stereocenters. The molecule has 2 saturated heterocycles. The maximum atomic E-state index is 12.3. The second-order valence-electron chi connectivity index (χ2n) is 6.30. The fourth-order valence-electron chi connectivity index (χ4n) is 3.24. The van der Waals surface area contributed by atoms with Crippen molar-refractivity contribution in [2.45, 2.75) is 6.42 Å². The minimum atomic E-state index is -3.07. The van der Waals surface area contributed by atoms with E-state index in [9.17, 15) is 13.2 Å². The summed E-state index contributed by atoms with van der Waals surface area (Å²) in [7, 11) is -1.36. The molecule has 0 aromatic carbocycles. The van der Waals surface area contributed by atoms with Crippen LogP contribution in [0.3, 0.4) is 0 Å². The van der Waals surface area contributed by atoms with E-state index in [0.29, 0.717) is 58.0 Å². The Kier molecular flexibility index (Phi) is 7.91. The van der Waals surface area contributed by atoms with Gasteiger partial charge >= 0.3 is 0 Å². The molecule has 1 aromatic rings. The number of hydrogen-bond donors (Lipinski definition) is 1. The van der Waals surface area contributed by atoms with Crippen molar-refractivity contribution in [2.75, 3.05) is 58.6 Å². The zero-order chi connectivity index (χ0) is 18.6. The van der Waals surface area contributed by atoms with E-state index in [-0.39, 0.29) is 35.6 Å². The SMILES string of the molecule is CN=C(NCCN1CCCS1(=O)=O)N1CCN(C(=O)c2ccco2)CC1.I. The molecule has 0 bridgehead atoms. The highest BCUT2D eigenvalue weighted by Gasteiger charge is 2.28. The molecule has 2 aliphatic heterocycles. The highest BCUT2D eigenvalue weighted by molar-refractivity contribution is 14.0. The summed E-state index contributed by atoms with van der Waals surface area (Å²) in [5.74, 6) is 1.23. The summed E-state index contributed by atoms with van der Waals surface area (Å²) >= 11 is 0. The fraction of sp³-hybridized carbons (Fsp3) is 0.625. The quantitative estimate of drug-likeness (QED) is 0.354. The van der Waals surface area contributed by atoms with Crippen molar-refractivity contribution in [1.82, 2.24) is 19.4 Å². The van der Waals surface area contributed by atoms with Gasteiger partial charge in [-0.25, -0.2) is 12.7 Å². The van der Waals surface area contributed by atoms with E-state index in [1.54, 1.807) is 24.1 Å². The Bertz CT molecular complexity index is 745. The Labute approximate surface area is 176 Å². The van der Waals surface area contributed by atoms with Crippen LogP contribution in [0.1, 0.15) is 17.0 Å². The fourth-order valence-corrected chi connectivity index (χ4v) is 4.77. The van der Waals surface area contributed by atoms with Gasteiger partial charge in [-0.2, -0.15) is 0 Å². The van der Waals surface area contributed by atoms with Gasteiger partial charge in [-0.15, -0.1) is 24.0 Å². The zero-order valence-electron chi connectivity index (χ0n) is 15.3. The number of hydrogen-bond acceptors (Lipinski definition) is 5. The molecule has 0 aliphatic carbocycles. The van der Waals surface area contributed by atoms with Crippen LogP contribution in [0.5, 0.6) is 0 Å². The second-order valence-corrected chi connectivity index (χ2v) is 8.39. The van der Waals surface area contributed by atoms with Crippen LogP contribution in [0.2, 0.25) is 0 Å². The number of piperazine rings is 1. The Hall–Kier alpha value is -1.34. The third-order valence-electron chi connectivity index (χ3n) is 4.66. The average molecular weight is 511 g/mol. The summed E-state index contributed by atoms with van der Waals surface area (Å²) in [5.41, 5.74) is 0. The molecule has 11 heteroatoms. The van der Waals surface area contributed by atoms with Gasteiger partial charge in [-0.1, -0.05) is 0 Å². The van der Waals surface area contributed by atoms with Gasteiger partial charge in [0.05, 0.1) is 12.0 Å². The predicted molar refractivity (Wildman–Crippen MR) is 113 cm³/mol. The van der Waals surface area contributed by atoms with Crippen LogP contribution in [0.4, 0.5) is 0 Å². The summed E-state index contributed by atoms with van der Waals surface area (Å²) in [6.45, 7) is 4.04. The van der Waals surface area contributed by atoms with Crippen LogP contribution in [0.25, 0.3) is 0 Å². The number of sulfonamides is 1. The molecular formula is C16H26IN5O4S. The van der Waals surface area contributed by atoms with Crippen LogP contribution in [0, 0.1) is 0 Å². The highest BCUT2D eigenvalue weighted by Crippen LogP contribution is 2.12. The van der Waals surface area contributed by atoms with Gasteiger partial charge < -0.3 is 19.5 Å². The Morgan fingerprint density at radius 2 is 1.93 bits per heavy atom. The topological polar surface area (TPSA) is 98.5 Å². The Morgan fingerprint density at radius 1 is 1.22 bits per heavy atom. The number of amides is 1. The van der Waals surface area contributed by atoms with E-state index < -0.39 is 10.0 Å². The van der Waals surface area contributed by atoms with Gasteiger partial charge in [0.1, 0.15) is 0 Å². The molecule has 1 aromatic heterocycles. The number of rotatable bonds is 4. The molecule has 0 spiro atoms. The molecular weight excluding hydrogens is 485 g/mol. The lowest BCUT2D eigenvalue weighted by Gasteiger charge is -2.36. The maximum Gasteiger partial charge on any atom is 0.289 e. The van der Waals surface area contributed by atoms with E-state index in [2.05, 4.69) is 15.2 Å². The average Bonchev–Trinajstić information content (AvgIpc) is 3.28. The van der Waals surface area contributed by atoms with E-state index >= 15 is 0 Å².